The van der Waals surface area contributed by atoms with Crippen molar-refractivity contribution in [3.63, 3.8) is 0 Å². The normalized spacial score (nSPS) is 10.4. The Morgan fingerprint density at radius 1 is 1.40 bits per heavy atom. The maximum Gasteiger partial charge on any atom is 0.411 e. The van der Waals surface area contributed by atoms with Crippen molar-refractivity contribution >= 4 is 46.9 Å². The highest BCUT2D eigenvalue weighted by Crippen LogP contribution is 2.25. The maximum atomic E-state index is 10.9. The summed E-state index contributed by atoms with van der Waals surface area (Å²) in [7, 11) is 1.14. The largest absolute Gasteiger partial charge is 0.464 e. The van der Waals surface area contributed by atoms with Crippen molar-refractivity contribution in [3.8, 4) is 0 Å². The third kappa shape index (κ3) is 7.30. The van der Waals surface area contributed by atoms with Crippen molar-refractivity contribution in [2.45, 2.75) is 3.79 Å². The Labute approximate surface area is 101 Å². The van der Waals surface area contributed by atoms with Crippen LogP contribution in [0, 0.1) is 0 Å². The average Bonchev–Trinajstić information content (AvgIpc) is 2.12. The molecule has 1 N–H and O–H groups in total. The summed E-state index contributed by atoms with van der Waals surface area (Å²) in [5, 5.41) is 2.00. The summed E-state index contributed by atoms with van der Waals surface area (Å²) >= 11 is 15.9. The highest BCUT2D eigenvalue weighted by Gasteiger charge is 2.22. The first kappa shape index (κ1) is 14.3. The van der Waals surface area contributed by atoms with E-state index < -0.39 is 22.5 Å². The van der Waals surface area contributed by atoms with E-state index in [1.54, 1.807) is 0 Å². The van der Waals surface area contributed by atoms with E-state index in [2.05, 4.69) is 16.1 Å². The van der Waals surface area contributed by atoms with Crippen LogP contribution in [0.4, 0.5) is 4.79 Å². The topological polar surface area (TPSA) is 64.6 Å². The summed E-state index contributed by atoms with van der Waals surface area (Å²) in [6, 6.07) is 0. The number of amides is 1. The minimum absolute atomic E-state index is 0.271. The van der Waals surface area contributed by atoms with Gasteiger partial charge in [0.15, 0.2) is 0 Å². The van der Waals surface area contributed by atoms with Gasteiger partial charge in [-0.1, -0.05) is 41.4 Å². The van der Waals surface area contributed by atoms with E-state index in [0.717, 1.165) is 7.11 Å². The molecular weight excluding hydrogens is 268 g/mol. The number of nitrogens with one attached hydrogen (secondary N) is 1. The van der Waals surface area contributed by atoms with Crippen LogP contribution in [0.15, 0.2) is 12.3 Å². The van der Waals surface area contributed by atoms with E-state index in [0.29, 0.717) is 0 Å². The molecule has 0 saturated heterocycles. The van der Waals surface area contributed by atoms with Gasteiger partial charge in [-0.15, -0.1) is 0 Å². The minimum atomic E-state index is -1.70. The van der Waals surface area contributed by atoms with Crippen molar-refractivity contribution in [2.24, 2.45) is 0 Å². The molecule has 15 heavy (non-hydrogen) atoms. The molecule has 0 heterocycles. The van der Waals surface area contributed by atoms with Gasteiger partial charge in [-0.2, -0.15) is 0 Å². The molecule has 0 rings (SSSR count). The fourth-order valence-corrected chi connectivity index (χ4v) is 0.645. The Morgan fingerprint density at radius 2 is 1.93 bits per heavy atom. The fourth-order valence-electron chi connectivity index (χ4n) is 0.481. The highest BCUT2D eigenvalue weighted by atomic mass is 35.6. The molecule has 0 aliphatic rings. The number of alkyl halides is 3. The predicted molar refractivity (Wildman–Crippen MR) is 55.9 cm³/mol. The van der Waals surface area contributed by atoms with Crippen LogP contribution in [0.3, 0.4) is 0 Å². The average molecular weight is 277 g/mol. The summed E-state index contributed by atoms with van der Waals surface area (Å²) < 4.78 is 7.02. The molecular formula is C7H8Cl3NO4. The lowest BCUT2D eigenvalue weighted by Gasteiger charge is -2.12. The van der Waals surface area contributed by atoms with Crippen LogP contribution in [-0.4, -0.2) is 29.6 Å². The lowest BCUT2D eigenvalue weighted by molar-refractivity contribution is -0.136. The molecule has 0 aromatic rings. The summed E-state index contributed by atoms with van der Waals surface area (Å²) in [5.74, 6) is -0.791. The number of rotatable bonds is 3. The zero-order valence-corrected chi connectivity index (χ0v) is 9.95. The number of carbonyl (C=O) groups is 2. The zero-order chi connectivity index (χ0) is 12.1. The van der Waals surface area contributed by atoms with Gasteiger partial charge < -0.3 is 9.47 Å². The molecule has 0 saturated carbocycles. The lowest BCUT2D eigenvalue weighted by Crippen LogP contribution is -2.30. The van der Waals surface area contributed by atoms with E-state index in [9.17, 15) is 9.59 Å². The molecule has 0 radical (unpaired) electrons. The smallest absolute Gasteiger partial charge is 0.411 e. The molecule has 0 unspecified atom stereocenters. The molecule has 0 aromatic heterocycles. The monoisotopic (exact) mass is 275 g/mol. The van der Waals surface area contributed by atoms with Crippen molar-refractivity contribution in [1.29, 1.82) is 0 Å². The van der Waals surface area contributed by atoms with Crippen LogP contribution in [0.5, 0.6) is 0 Å². The Balaban J connectivity index is 3.95. The molecule has 8 heteroatoms. The van der Waals surface area contributed by atoms with E-state index in [4.69, 9.17) is 34.8 Å². The predicted octanol–water partition coefficient (Wildman–Crippen LogP) is 1.77. The van der Waals surface area contributed by atoms with E-state index in [1.165, 1.54) is 0 Å². The first-order chi connectivity index (χ1) is 6.76. The molecule has 0 spiro atoms. The quantitative estimate of drug-likeness (QED) is 0.485. The molecule has 0 bridgehead atoms. The van der Waals surface area contributed by atoms with Gasteiger partial charge in [0.25, 0.3) is 0 Å². The van der Waals surface area contributed by atoms with Crippen molar-refractivity contribution in [1.82, 2.24) is 5.32 Å². The number of hydrogen-bond donors (Lipinski definition) is 1. The zero-order valence-electron chi connectivity index (χ0n) is 7.68. The van der Waals surface area contributed by atoms with Crippen LogP contribution in [0.1, 0.15) is 0 Å². The molecule has 0 aliphatic heterocycles. The second kappa shape index (κ2) is 6.05. The third-order valence-electron chi connectivity index (χ3n) is 1.05. The number of ether oxygens (including phenoxy) is 2. The second-order valence-corrected chi connectivity index (χ2v) is 4.80. The van der Waals surface area contributed by atoms with Gasteiger partial charge in [0.1, 0.15) is 12.3 Å². The van der Waals surface area contributed by atoms with Gasteiger partial charge in [0.2, 0.25) is 3.79 Å². The maximum absolute atomic E-state index is 10.9. The summed E-state index contributed by atoms with van der Waals surface area (Å²) in [4.78, 5) is 21.7. The van der Waals surface area contributed by atoms with Gasteiger partial charge in [-0.3, -0.25) is 5.32 Å². The number of halogens is 3. The number of methoxy groups -OCH3 is 1. The van der Waals surface area contributed by atoms with Crippen molar-refractivity contribution < 1.29 is 19.1 Å². The van der Waals surface area contributed by atoms with Crippen molar-refractivity contribution in [2.75, 3.05) is 13.7 Å². The van der Waals surface area contributed by atoms with Crippen LogP contribution in [0.25, 0.3) is 0 Å². The number of hydrogen-bond acceptors (Lipinski definition) is 4. The summed E-state index contributed by atoms with van der Waals surface area (Å²) in [6.07, 6.45) is -0.961. The van der Waals surface area contributed by atoms with Gasteiger partial charge in [0, 0.05) is 0 Å². The van der Waals surface area contributed by atoms with E-state index in [-0.39, 0.29) is 5.70 Å². The Hall–Kier alpha value is -0.650. The van der Waals surface area contributed by atoms with Gasteiger partial charge in [-0.05, 0) is 0 Å². The Morgan fingerprint density at radius 3 is 2.33 bits per heavy atom. The molecule has 0 atom stereocenters. The van der Waals surface area contributed by atoms with Gasteiger partial charge in [-0.25, -0.2) is 9.59 Å². The van der Waals surface area contributed by atoms with Gasteiger partial charge >= 0.3 is 12.1 Å². The highest BCUT2D eigenvalue weighted by molar-refractivity contribution is 6.67. The number of carbonyl (C=O) groups excluding carboxylic acids is 2. The van der Waals surface area contributed by atoms with Crippen molar-refractivity contribution in [3.05, 3.63) is 12.3 Å². The number of esters is 1. The van der Waals surface area contributed by atoms with Gasteiger partial charge in [0.05, 0.1) is 7.11 Å². The van der Waals surface area contributed by atoms with Crippen LogP contribution < -0.4 is 5.32 Å². The summed E-state index contributed by atoms with van der Waals surface area (Å²) in [6.45, 7) is 2.78. The van der Waals surface area contributed by atoms with E-state index >= 15 is 0 Å². The fraction of sp³-hybridized carbons (Fsp3) is 0.429. The van der Waals surface area contributed by atoms with Crippen LogP contribution in [-0.2, 0) is 14.3 Å². The first-order valence-corrected chi connectivity index (χ1v) is 4.67. The Kier molecular flexibility index (Phi) is 5.79. The Bertz CT molecular complexity index is 274. The minimum Gasteiger partial charge on any atom is -0.464 e. The third-order valence-corrected chi connectivity index (χ3v) is 1.38. The lowest BCUT2D eigenvalue weighted by atomic mass is 10.5. The summed E-state index contributed by atoms with van der Waals surface area (Å²) in [5.41, 5.74) is -0.271. The molecule has 5 nitrogen and oxygen atoms in total. The van der Waals surface area contributed by atoms with Crippen LogP contribution >= 0.6 is 34.8 Å². The second-order valence-electron chi connectivity index (χ2n) is 2.29. The molecule has 0 aliphatic carbocycles. The SMILES string of the molecule is C=C(NC(=O)OCC(Cl)(Cl)Cl)C(=O)OC. The number of alkyl carbamates (subject to hydrolysis) is 1. The molecule has 86 valence electrons. The van der Waals surface area contributed by atoms with Crippen LogP contribution in [0.2, 0.25) is 0 Å². The molecule has 1 amide bonds. The van der Waals surface area contributed by atoms with E-state index in [1.807, 2.05) is 5.32 Å². The standard InChI is InChI=1S/C7H8Cl3NO4/c1-4(5(12)14-2)11-6(13)15-3-7(8,9)10/h1,3H2,2H3,(H,11,13). The molecule has 0 fully saturated rings. The first-order valence-electron chi connectivity index (χ1n) is 3.54. The molecule has 0 aromatic carbocycles.